The highest BCUT2D eigenvalue weighted by Gasteiger charge is 2.57. The van der Waals surface area contributed by atoms with Gasteiger partial charge < -0.3 is 15.2 Å². The molecule has 1 aromatic rings. The molecule has 3 rings (SSSR count). The first-order chi connectivity index (χ1) is 11.4. The predicted octanol–water partition coefficient (Wildman–Crippen LogP) is 3.33. The van der Waals surface area contributed by atoms with Crippen LogP contribution in [0.2, 0.25) is 0 Å². The number of fused-ring (bicyclic) bond motifs is 2. The van der Waals surface area contributed by atoms with Crippen molar-refractivity contribution in [3.63, 3.8) is 0 Å². The molecule has 5 nitrogen and oxygen atoms in total. The molecule has 0 radical (unpaired) electrons. The van der Waals surface area contributed by atoms with Gasteiger partial charge in [0.1, 0.15) is 5.75 Å². The van der Waals surface area contributed by atoms with Crippen LogP contribution in [0.15, 0.2) is 35.4 Å². The van der Waals surface area contributed by atoms with Crippen LogP contribution in [0.5, 0.6) is 5.75 Å². The second-order valence-electron chi connectivity index (χ2n) is 6.85. The van der Waals surface area contributed by atoms with Crippen molar-refractivity contribution < 1.29 is 19.4 Å². The summed E-state index contributed by atoms with van der Waals surface area (Å²) in [7, 11) is 1.58. The number of methoxy groups -OCH3 is 1. The molecule has 2 N–H and O–H groups in total. The zero-order valence-corrected chi connectivity index (χ0v) is 14.2. The van der Waals surface area contributed by atoms with Gasteiger partial charge in [-0.15, -0.1) is 0 Å². The maximum Gasteiger partial charge on any atom is 0.307 e. The lowest BCUT2D eigenvalue weighted by Crippen LogP contribution is -2.37. The van der Waals surface area contributed by atoms with Gasteiger partial charge in [0.2, 0.25) is 5.91 Å². The average molecular weight is 329 g/mol. The monoisotopic (exact) mass is 329 g/mol. The number of carboxylic acids is 1. The summed E-state index contributed by atoms with van der Waals surface area (Å²) in [5, 5.41) is 12.6. The van der Waals surface area contributed by atoms with Gasteiger partial charge in [0.15, 0.2) is 0 Å². The Morgan fingerprint density at radius 2 is 1.67 bits per heavy atom. The normalized spacial score (nSPS) is 27.9. The second-order valence-corrected chi connectivity index (χ2v) is 6.85. The summed E-state index contributed by atoms with van der Waals surface area (Å²) in [6.45, 7) is 4.03. The van der Waals surface area contributed by atoms with Crippen LogP contribution in [0.4, 0.5) is 5.69 Å². The third-order valence-electron chi connectivity index (χ3n) is 5.36. The van der Waals surface area contributed by atoms with E-state index >= 15 is 0 Å². The molecule has 0 aromatic heterocycles. The Bertz CT molecular complexity index is 688. The fourth-order valence-electron chi connectivity index (χ4n) is 4.50. The van der Waals surface area contributed by atoms with Crippen molar-refractivity contribution in [2.45, 2.75) is 26.7 Å². The lowest BCUT2D eigenvalue weighted by Gasteiger charge is -2.26. The summed E-state index contributed by atoms with van der Waals surface area (Å²) in [4.78, 5) is 24.6. The molecule has 0 heterocycles. The predicted molar refractivity (Wildman–Crippen MR) is 90.8 cm³/mol. The van der Waals surface area contributed by atoms with Crippen LogP contribution in [0, 0.1) is 23.7 Å². The molecule has 4 atom stereocenters. The highest BCUT2D eigenvalue weighted by atomic mass is 16.5. The van der Waals surface area contributed by atoms with Gasteiger partial charge in [0, 0.05) is 5.69 Å². The molecule has 128 valence electrons. The Labute approximate surface area is 141 Å². The summed E-state index contributed by atoms with van der Waals surface area (Å²) in [5.74, 6) is -1.40. The summed E-state index contributed by atoms with van der Waals surface area (Å²) in [5.41, 5.74) is 3.01. The van der Waals surface area contributed by atoms with Crippen molar-refractivity contribution in [1.82, 2.24) is 0 Å². The minimum absolute atomic E-state index is 0.00381. The third kappa shape index (κ3) is 2.68. The number of allylic oxidation sites excluding steroid dienone is 2. The standard InChI is InChI=1S/C19H23NO4/c1-10(2)15-13-8-9-14(15)17(19(22)23)16(13)18(21)20-11-4-6-12(24-3)7-5-11/h4-7,13-14,16-17H,8-9H2,1-3H3,(H,20,21)(H,22,23). The van der Waals surface area contributed by atoms with E-state index < -0.39 is 17.8 Å². The van der Waals surface area contributed by atoms with Crippen molar-refractivity contribution in [2.75, 3.05) is 12.4 Å². The van der Waals surface area contributed by atoms with Gasteiger partial charge in [-0.25, -0.2) is 0 Å². The van der Waals surface area contributed by atoms with Gasteiger partial charge in [0.05, 0.1) is 18.9 Å². The average Bonchev–Trinajstić information content (AvgIpc) is 3.11. The molecule has 24 heavy (non-hydrogen) atoms. The maximum atomic E-state index is 12.8. The van der Waals surface area contributed by atoms with E-state index in [1.54, 1.807) is 31.4 Å². The van der Waals surface area contributed by atoms with Gasteiger partial charge in [-0.1, -0.05) is 11.1 Å². The minimum Gasteiger partial charge on any atom is -0.497 e. The fourth-order valence-corrected chi connectivity index (χ4v) is 4.50. The first kappa shape index (κ1) is 16.6. The van der Waals surface area contributed by atoms with Crippen LogP contribution in [-0.2, 0) is 9.59 Å². The van der Waals surface area contributed by atoms with E-state index in [0.717, 1.165) is 18.4 Å². The fraction of sp³-hybridized carbons (Fsp3) is 0.474. The first-order valence-electron chi connectivity index (χ1n) is 8.29. The largest absolute Gasteiger partial charge is 0.497 e. The summed E-state index contributed by atoms with van der Waals surface area (Å²) in [6.07, 6.45) is 1.77. The molecule has 2 aliphatic carbocycles. The maximum absolute atomic E-state index is 12.8. The van der Waals surface area contributed by atoms with Crippen LogP contribution < -0.4 is 10.1 Å². The van der Waals surface area contributed by atoms with Gasteiger partial charge in [-0.2, -0.15) is 0 Å². The smallest absolute Gasteiger partial charge is 0.307 e. The molecular weight excluding hydrogens is 306 g/mol. The van der Waals surface area contributed by atoms with Gasteiger partial charge in [-0.3, -0.25) is 9.59 Å². The van der Waals surface area contributed by atoms with Crippen molar-refractivity contribution in [2.24, 2.45) is 23.7 Å². The zero-order chi connectivity index (χ0) is 17.4. The van der Waals surface area contributed by atoms with E-state index in [-0.39, 0.29) is 17.7 Å². The molecule has 2 fully saturated rings. The first-order valence-corrected chi connectivity index (χ1v) is 8.29. The molecule has 4 unspecified atom stereocenters. The number of benzene rings is 1. The molecule has 5 heteroatoms. The van der Waals surface area contributed by atoms with Crippen LogP contribution in [0.1, 0.15) is 26.7 Å². The minimum atomic E-state index is -0.865. The molecule has 0 spiro atoms. The molecule has 1 amide bonds. The highest BCUT2D eigenvalue weighted by Crippen LogP contribution is 2.57. The van der Waals surface area contributed by atoms with Gasteiger partial charge in [-0.05, 0) is 62.8 Å². The number of carboxylic acid groups (broad SMARTS) is 1. The van der Waals surface area contributed by atoms with Crippen LogP contribution in [0.3, 0.4) is 0 Å². The van der Waals surface area contributed by atoms with Crippen molar-refractivity contribution in [3.8, 4) is 5.75 Å². The number of carbonyl (C=O) groups is 2. The van der Waals surface area contributed by atoms with Crippen LogP contribution in [-0.4, -0.2) is 24.1 Å². The Balaban J connectivity index is 1.85. The third-order valence-corrected chi connectivity index (χ3v) is 5.36. The lowest BCUT2D eigenvalue weighted by molar-refractivity contribution is -0.148. The van der Waals surface area contributed by atoms with E-state index in [1.165, 1.54) is 5.57 Å². The molecule has 1 aromatic carbocycles. The number of ether oxygens (including phenoxy) is 1. The second kappa shape index (κ2) is 6.30. The molecule has 2 bridgehead atoms. The quantitative estimate of drug-likeness (QED) is 0.831. The molecule has 0 aliphatic heterocycles. The van der Waals surface area contributed by atoms with Crippen LogP contribution in [0.25, 0.3) is 0 Å². The Hall–Kier alpha value is -2.30. The van der Waals surface area contributed by atoms with Crippen molar-refractivity contribution in [1.29, 1.82) is 0 Å². The topological polar surface area (TPSA) is 75.6 Å². The molecule has 2 saturated carbocycles. The highest BCUT2D eigenvalue weighted by molar-refractivity contribution is 5.96. The number of carbonyl (C=O) groups excluding carboxylic acids is 1. The number of anilines is 1. The van der Waals surface area contributed by atoms with Crippen molar-refractivity contribution >= 4 is 17.6 Å². The molecule has 0 saturated heterocycles. The molecular formula is C19H23NO4. The van der Waals surface area contributed by atoms with E-state index in [1.807, 2.05) is 13.8 Å². The Kier molecular flexibility index (Phi) is 4.35. The number of nitrogens with one attached hydrogen (secondary N) is 1. The number of hydrogen-bond donors (Lipinski definition) is 2. The number of rotatable bonds is 4. The Morgan fingerprint density at radius 3 is 2.17 bits per heavy atom. The Morgan fingerprint density at radius 1 is 1.08 bits per heavy atom. The van der Waals surface area contributed by atoms with Gasteiger partial charge >= 0.3 is 5.97 Å². The van der Waals surface area contributed by atoms with Gasteiger partial charge in [0.25, 0.3) is 0 Å². The number of amides is 1. The molecule has 2 aliphatic rings. The van der Waals surface area contributed by atoms with Crippen LogP contribution >= 0.6 is 0 Å². The SMILES string of the molecule is COc1ccc(NC(=O)C2C3CCC(C3=C(C)C)C2C(=O)O)cc1. The zero-order valence-electron chi connectivity index (χ0n) is 14.2. The van der Waals surface area contributed by atoms with E-state index in [4.69, 9.17) is 4.74 Å². The van der Waals surface area contributed by atoms with Crippen molar-refractivity contribution in [3.05, 3.63) is 35.4 Å². The number of aliphatic carboxylic acids is 1. The summed E-state index contributed by atoms with van der Waals surface area (Å²) >= 11 is 0. The van der Waals surface area contributed by atoms with E-state index in [2.05, 4.69) is 5.32 Å². The van der Waals surface area contributed by atoms with E-state index in [0.29, 0.717) is 11.4 Å². The van der Waals surface area contributed by atoms with E-state index in [9.17, 15) is 14.7 Å². The lowest BCUT2D eigenvalue weighted by atomic mass is 9.78. The summed E-state index contributed by atoms with van der Waals surface area (Å²) < 4.78 is 5.11. The summed E-state index contributed by atoms with van der Waals surface area (Å²) in [6, 6.07) is 7.07. The number of hydrogen-bond acceptors (Lipinski definition) is 3.